The van der Waals surface area contributed by atoms with E-state index in [1.807, 2.05) is 0 Å². The molecule has 0 heterocycles. The van der Waals surface area contributed by atoms with Crippen LogP contribution in [0.25, 0.3) is 0 Å². The lowest BCUT2D eigenvalue weighted by atomic mass is 10.0. The zero-order valence-electron chi connectivity index (χ0n) is 27.0. The second kappa shape index (κ2) is 27.9. The molecule has 0 aliphatic rings. The van der Waals surface area contributed by atoms with Crippen LogP contribution in [0.1, 0.15) is 176 Å². The molecule has 0 rings (SSSR count). The molecule has 0 atom stereocenters. The largest absolute Gasteiger partial charge is 0.531 e. The van der Waals surface area contributed by atoms with Crippen LogP contribution in [0.15, 0.2) is 0 Å². The maximum Gasteiger partial charge on any atom is 0.531 e. The molecule has 236 valence electrons. The molecule has 7 heteroatoms. The fourth-order valence-electron chi connectivity index (χ4n) is 4.50. The Balaban J connectivity index is 4.45. The van der Waals surface area contributed by atoms with Gasteiger partial charge in [0.2, 0.25) is 0 Å². The minimum Gasteiger partial charge on any atom is -0.401 e. The van der Waals surface area contributed by atoms with Gasteiger partial charge in [-0.05, 0) is 73.7 Å². The Hall–Kier alpha value is 0.1000. The molecule has 0 N–H and O–H groups in total. The smallest absolute Gasteiger partial charge is 0.401 e. The van der Waals surface area contributed by atoms with Crippen molar-refractivity contribution in [3.05, 3.63) is 0 Å². The van der Waals surface area contributed by atoms with E-state index in [1.54, 1.807) is 0 Å². The first-order valence-corrected chi connectivity index (χ1v) is 18.8. The molecular formula is C33H63O3PS3. The van der Waals surface area contributed by atoms with Crippen molar-refractivity contribution in [1.82, 2.24) is 0 Å². The topological polar surface area (TPSA) is 27.7 Å². The second-order valence-corrected chi connectivity index (χ2v) is 15.1. The number of unbranched alkanes of at least 4 members (excludes halogenated alkanes) is 12. The highest BCUT2D eigenvalue weighted by atomic mass is 32.1. The number of rotatable bonds is 27. The van der Waals surface area contributed by atoms with Crippen LogP contribution in [0, 0.1) is 17.8 Å². The summed E-state index contributed by atoms with van der Waals surface area (Å²) in [6.45, 7) is 13.7. The van der Waals surface area contributed by atoms with Crippen LogP contribution >= 0.6 is 45.3 Å². The Morgan fingerprint density at radius 1 is 0.400 bits per heavy atom. The van der Waals surface area contributed by atoms with Gasteiger partial charge in [-0.15, -0.1) is 0 Å². The van der Waals surface area contributed by atoms with E-state index in [0.717, 1.165) is 56.3 Å². The number of thiocarbonyl (C=S) groups is 3. The van der Waals surface area contributed by atoms with Crippen molar-refractivity contribution < 1.29 is 13.6 Å². The fraction of sp³-hybridized carbons (Fsp3) is 0.909. The standard InChI is InChI=1S/C33H63O3PS3/c1-28(2)22-16-10-7-13-19-25-31(38)34-37(35-32(39)26-20-14-8-11-17-23-29(3)4)36-33(40)27-21-15-9-12-18-24-30(5)6/h28-30H,7-27H2,1-6H3. The van der Waals surface area contributed by atoms with Gasteiger partial charge in [0.1, 0.15) is 0 Å². The van der Waals surface area contributed by atoms with Gasteiger partial charge in [-0.1, -0.05) is 138 Å². The van der Waals surface area contributed by atoms with Crippen LogP contribution in [0.4, 0.5) is 0 Å². The zero-order chi connectivity index (χ0) is 30.0. The molecule has 0 aromatic heterocycles. The van der Waals surface area contributed by atoms with Crippen molar-refractivity contribution in [2.24, 2.45) is 17.8 Å². The summed E-state index contributed by atoms with van der Waals surface area (Å²) >= 11 is 16.6. The summed E-state index contributed by atoms with van der Waals surface area (Å²) in [5, 5.41) is 1.65. The van der Waals surface area contributed by atoms with Crippen LogP contribution in [0.2, 0.25) is 0 Å². The number of hydrogen-bond donors (Lipinski definition) is 0. The van der Waals surface area contributed by atoms with E-state index in [9.17, 15) is 0 Å². The highest BCUT2D eigenvalue weighted by molar-refractivity contribution is 7.81. The van der Waals surface area contributed by atoms with Gasteiger partial charge in [-0.3, -0.25) is 0 Å². The van der Waals surface area contributed by atoms with Crippen LogP contribution in [0.3, 0.4) is 0 Å². The normalized spacial score (nSPS) is 11.6. The Labute approximate surface area is 267 Å². The highest BCUT2D eigenvalue weighted by Gasteiger charge is 2.23. The third-order valence-corrected chi connectivity index (χ3v) is 9.36. The van der Waals surface area contributed by atoms with E-state index in [4.69, 9.17) is 50.2 Å². The Kier molecular flexibility index (Phi) is 28.0. The van der Waals surface area contributed by atoms with E-state index in [0.29, 0.717) is 15.2 Å². The first-order chi connectivity index (χ1) is 19.1. The molecule has 0 saturated carbocycles. The second-order valence-electron chi connectivity index (χ2n) is 12.7. The summed E-state index contributed by atoms with van der Waals surface area (Å²) in [6.07, 6.45) is 24.4. The van der Waals surface area contributed by atoms with Crippen molar-refractivity contribution in [3.63, 3.8) is 0 Å². The first-order valence-electron chi connectivity index (χ1n) is 16.5. The van der Waals surface area contributed by atoms with Crippen molar-refractivity contribution in [2.45, 2.75) is 176 Å². The van der Waals surface area contributed by atoms with Crippen LogP contribution in [-0.4, -0.2) is 15.2 Å². The van der Waals surface area contributed by atoms with Crippen LogP contribution < -0.4 is 0 Å². The lowest BCUT2D eigenvalue weighted by Crippen LogP contribution is -2.08. The minimum atomic E-state index is -1.72. The van der Waals surface area contributed by atoms with Gasteiger partial charge >= 0.3 is 8.60 Å². The Morgan fingerprint density at radius 2 is 0.625 bits per heavy atom. The van der Waals surface area contributed by atoms with Gasteiger partial charge < -0.3 is 13.6 Å². The molecule has 0 aliphatic carbocycles. The Morgan fingerprint density at radius 3 is 0.875 bits per heavy atom. The van der Waals surface area contributed by atoms with Crippen molar-refractivity contribution >= 4 is 60.4 Å². The van der Waals surface area contributed by atoms with Crippen molar-refractivity contribution in [2.75, 3.05) is 0 Å². The third kappa shape index (κ3) is 29.6. The van der Waals surface area contributed by atoms with E-state index in [-0.39, 0.29) is 0 Å². The monoisotopic (exact) mass is 634 g/mol. The summed E-state index contributed by atoms with van der Waals surface area (Å²) in [5.74, 6) is 2.38. The predicted molar refractivity (Wildman–Crippen MR) is 189 cm³/mol. The summed E-state index contributed by atoms with van der Waals surface area (Å²) in [6, 6.07) is 0. The van der Waals surface area contributed by atoms with Gasteiger partial charge in [-0.2, -0.15) is 0 Å². The van der Waals surface area contributed by atoms with Crippen LogP contribution in [-0.2, 0) is 13.6 Å². The van der Waals surface area contributed by atoms with Gasteiger partial charge in [0.25, 0.3) is 0 Å². The molecule has 0 aromatic rings. The fourth-order valence-corrected chi connectivity index (χ4v) is 6.36. The third-order valence-electron chi connectivity index (χ3n) is 7.02. The minimum absolute atomic E-state index is 0.550. The molecule has 0 bridgehead atoms. The number of hydrogen-bond acceptors (Lipinski definition) is 6. The summed E-state index contributed by atoms with van der Waals surface area (Å²) in [7, 11) is -1.72. The van der Waals surface area contributed by atoms with Crippen LogP contribution in [0.5, 0.6) is 0 Å². The zero-order valence-corrected chi connectivity index (χ0v) is 30.3. The molecule has 0 spiro atoms. The van der Waals surface area contributed by atoms with E-state index in [1.165, 1.54) is 96.3 Å². The predicted octanol–water partition coefficient (Wildman–Crippen LogP) is 13.4. The first kappa shape index (κ1) is 40.1. The van der Waals surface area contributed by atoms with Crippen molar-refractivity contribution in [3.8, 4) is 0 Å². The van der Waals surface area contributed by atoms with Crippen molar-refractivity contribution in [1.29, 1.82) is 0 Å². The maximum absolute atomic E-state index is 5.99. The van der Waals surface area contributed by atoms with Gasteiger partial charge in [0.05, 0.1) is 0 Å². The molecule has 0 saturated heterocycles. The molecule has 0 fully saturated rings. The molecule has 0 unspecified atom stereocenters. The Bertz CT molecular complexity index is 555. The lowest BCUT2D eigenvalue weighted by molar-refractivity contribution is 0.371. The highest BCUT2D eigenvalue weighted by Crippen LogP contribution is 2.42. The summed E-state index contributed by atoms with van der Waals surface area (Å²) in [4.78, 5) is 0. The van der Waals surface area contributed by atoms with E-state index < -0.39 is 8.60 Å². The van der Waals surface area contributed by atoms with E-state index >= 15 is 0 Å². The molecule has 0 amide bonds. The average molecular weight is 635 g/mol. The summed E-state index contributed by atoms with van der Waals surface area (Å²) < 4.78 is 18.0. The lowest BCUT2D eigenvalue weighted by Gasteiger charge is -2.19. The molecule has 0 aromatic carbocycles. The van der Waals surface area contributed by atoms with Gasteiger partial charge in [-0.25, -0.2) is 0 Å². The van der Waals surface area contributed by atoms with E-state index in [2.05, 4.69) is 41.5 Å². The maximum atomic E-state index is 5.99. The molecular weight excluding hydrogens is 572 g/mol. The van der Waals surface area contributed by atoms with Gasteiger partial charge in [0.15, 0.2) is 15.2 Å². The molecule has 3 nitrogen and oxygen atoms in total. The SMILES string of the molecule is CC(C)CCCCCCCC(=S)OP(OC(=S)CCCCCCCC(C)C)OC(=S)CCCCCCCC(C)C. The quantitative estimate of drug-likeness (QED) is 0.0507. The molecule has 0 aliphatic heterocycles. The molecule has 40 heavy (non-hydrogen) atoms. The average Bonchev–Trinajstić information content (AvgIpc) is 2.86. The molecule has 0 radical (unpaired) electrons. The van der Waals surface area contributed by atoms with Gasteiger partial charge in [0, 0.05) is 19.3 Å². The summed E-state index contributed by atoms with van der Waals surface area (Å²) in [5.41, 5.74) is 0.